The molecular weight excluding hydrogens is 332 g/mol. The fraction of sp³-hybridized carbons (Fsp3) is 0.500. The topological polar surface area (TPSA) is 92.8 Å². The smallest absolute Gasteiger partial charge is 0.240 e. The number of amides is 1. The third-order valence-electron chi connectivity index (χ3n) is 3.78. The van der Waals surface area contributed by atoms with Crippen molar-refractivity contribution >= 4 is 27.4 Å². The van der Waals surface area contributed by atoms with Crippen LogP contribution in [0.15, 0.2) is 24.3 Å². The molecule has 1 saturated heterocycles. The average Bonchev–Trinajstić information content (AvgIpc) is 3.03. The van der Waals surface area contributed by atoms with Crippen molar-refractivity contribution in [2.75, 3.05) is 30.3 Å². The molecule has 132 valence electrons. The normalized spacial score (nSPS) is 17.5. The third kappa shape index (κ3) is 5.04. The van der Waals surface area contributed by atoms with E-state index in [2.05, 4.69) is 5.32 Å². The Balaban J connectivity index is 2.09. The van der Waals surface area contributed by atoms with Gasteiger partial charge in [-0.3, -0.25) is 13.9 Å². The predicted molar refractivity (Wildman–Crippen MR) is 90.6 cm³/mol. The Hall–Kier alpha value is -1.93. The van der Waals surface area contributed by atoms with Gasteiger partial charge in [-0.1, -0.05) is 12.1 Å². The summed E-state index contributed by atoms with van der Waals surface area (Å²) < 4.78 is 30.5. The molecule has 1 heterocycles. The second-order valence-electron chi connectivity index (χ2n) is 5.82. The van der Waals surface area contributed by atoms with Crippen molar-refractivity contribution in [3.05, 3.63) is 29.8 Å². The molecule has 0 radical (unpaired) electrons. The number of rotatable bonds is 7. The summed E-state index contributed by atoms with van der Waals surface area (Å²) in [6.45, 7) is 2.11. The minimum Gasteiger partial charge on any atom is -0.376 e. The summed E-state index contributed by atoms with van der Waals surface area (Å²) in [7, 11) is -3.66. The van der Waals surface area contributed by atoms with Gasteiger partial charge in [-0.25, -0.2) is 8.42 Å². The molecule has 1 aromatic carbocycles. The molecule has 8 heteroatoms. The Morgan fingerprint density at radius 2 is 2.12 bits per heavy atom. The average molecular weight is 354 g/mol. The van der Waals surface area contributed by atoms with E-state index in [1.54, 1.807) is 18.2 Å². The fourth-order valence-corrected chi connectivity index (χ4v) is 3.35. The molecule has 0 bridgehead atoms. The Bertz CT molecular complexity index is 711. The first-order valence-corrected chi connectivity index (χ1v) is 9.59. The van der Waals surface area contributed by atoms with Gasteiger partial charge in [0.05, 0.1) is 18.0 Å². The summed E-state index contributed by atoms with van der Waals surface area (Å²) in [5, 5.41) is 2.70. The minimum atomic E-state index is -3.66. The van der Waals surface area contributed by atoms with Crippen LogP contribution in [-0.2, 0) is 19.6 Å². The third-order valence-corrected chi connectivity index (χ3v) is 4.92. The maximum Gasteiger partial charge on any atom is 0.240 e. The van der Waals surface area contributed by atoms with Crippen molar-refractivity contribution in [3.63, 3.8) is 0 Å². The summed E-state index contributed by atoms with van der Waals surface area (Å²) in [6, 6.07) is 6.22. The lowest BCUT2D eigenvalue weighted by Crippen LogP contribution is -2.42. The molecule has 1 unspecified atom stereocenters. The number of nitrogens with zero attached hydrogens (tertiary/aromatic N) is 1. The number of sulfonamides is 1. The van der Waals surface area contributed by atoms with Crippen LogP contribution in [0.2, 0.25) is 0 Å². The molecular formula is C16H22N2O5S. The minimum absolute atomic E-state index is 0.0123. The number of anilines is 1. The molecule has 2 rings (SSSR count). The molecule has 24 heavy (non-hydrogen) atoms. The van der Waals surface area contributed by atoms with E-state index >= 15 is 0 Å². The molecule has 1 atom stereocenters. The van der Waals surface area contributed by atoms with E-state index in [0.717, 1.165) is 23.4 Å². The van der Waals surface area contributed by atoms with E-state index < -0.39 is 15.9 Å². The lowest BCUT2D eigenvalue weighted by Gasteiger charge is -2.22. The molecule has 0 saturated carbocycles. The number of nitrogens with one attached hydrogen (secondary N) is 1. The summed E-state index contributed by atoms with van der Waals surface area (Å²) in [6.07, 6.45) is 2.87. The van der Waals surface area contributed by atoms with Gasteiger partial charge in [0.15, 0.2) is 5.78 Å². The Morgan fingerprint density at radius 1 is 1.38 bits per heavy atom. The molecule has 0 aliphatic carbocycles. The highest BCUT2D eigenvalue weighted by Crippen LogP contribution is 2.19. The number of hydrogen-bond acceptors (Lipinski definition) is 5. The zero-order chi connectivity index (χ0) is 17.7. The molecule has 1 aliphatic heterocycles. The predicted octanol–water partition coefficient (Wildman–Crippen LogP) is 0.950. The standard InChI is InChI=1S/C16H22N2O5S/c1-12(19)13-5-3-6-14(9-13)18(24(2,21)22)11-16(20)17-10-15-7-4-8-23-15/h3,5-6,9,15H,4,7-8,10-11H2,1-2H3,(H,17,20). The monoisotopic (exact) mass is 354 g/mol. The van der Waals surface area contributed by atoms with Crippen LogP contribution >= 0.6 is 0 Å². The Labute approximate surface area is 142 Å². The summed E-state index contributed by atoms with van der Waals surface area (Å²) in [5.74, 6) is -0.586. The van der Waals surface area contributed by atoms with Gasteiger partial charge < -0.3 is 10.1 Å². The second-order valence-corrected chi connectivity index (χ2v) is 7.72. The highest BCUT2D eigenvalue weighted by Gasteiger charge is 2.22. The van der Waals surface area contributed by atoms with E-state index in [-0.39, 0.29) is 24.1 Å². The van der Waals surface area contributed by atoms with Crippen LogP contribution in [0.25, 0.3) is 0 Å². The van der Waals surface area contributed by atoms with Crippen molar-refractivity contribution in [3.8, 4) is 0 Å². The molecule has 0 aromatic heterocycles. The summed E-state index contributed by atoms with van der Waals surface area (Å²) in [5.41, 5.74) is 0.679. The number of carbonyl (C=O) groups is 2. The number of hydrogen-bond donors (Lipinski definition) is 1. The second kappa shape index (κ2) is 7.76. The van der Waals surface area contributed by atoms with Crippen molar-refractivity contribution in [1.82, 2.24) is 5.32 Å². The van der Waals surface area contributed by atoms with Gasteiger partial charge in [0.2, 0.25) is 15.9 Å². The van der Waals surface area contributed by atoms with E-state index in [0.29, 0.717) is 18.7 Å². The summed E-state index contributed by atoms with van der Waals surface area (Å²) >= 11 is 0. The largest absolute Gasteiger partial charge is 0.376 e. The van der Waals surface area contributed by atoms with Crippen molar-refractivity contribution in [2.24, 2.45) is 0 Å². The van der Waals surface area contributed by atoms with Gasteiger partial charge in [0, 0.05) is 18.7 Å². The number of ether oxygens (including phenoxy) is 1. The van der Waals surface area contributed by atoms with Crippen LogP contribution in [0.3, 0.4) is 0 Å². The van der Waals surface area contributed by atoms with E-state index in [1.807, 2.05) is 0 Å². The Morgan fingerprint density at radius 3 is 2.71 bits per heavy atom. The van der Waals surface area contributed by atoms with Gasteiger partial charge in [0.1, 0.15) is 6.54 Å². The van der Waals surface area contributed by atoms with Crippen LogP contribution in [0, 0.1) is 0 Å². The molecule has 1 aliphatic rings. The van der Waals surface area contributed by atoms with Crippen molar-refractivity contribution < 1.29 is 22.7 Å². The molecule has 1 amide bonds. The first-order chi connectivity index (χ1) is 11.3. The van der Waals surface area contributed by atoms with Crippen LogP contribution in [0.5, 0.6) is 0 Å². The Kier molecular flexibility index (Phi) is 5.95. The highest BCUT2D eigenvalue weighted by atomic mass is 32.2. The molecule has 0 spiro atoms. The van der Waals surface area contributed by atoms with Gasteiger partial charge in [-0.2, -0.15) is 0 Å². The fourth-order valence-electron chi connectivity index (χ4n) is 2.50. The highest BCUT2D eigenvalue weighted by molar-refractivity contribution is 7.92. The molecule has 1 aromatic rings. The lowest BCUT2D eigenvalue weighted by molar-refractivity contribution is -0.120. The number of Topliss-reactive ketones (excluding diaryl/α,β-unsaturated/α-hetero) is 1. The maximum absolute atomic E-state index is 12.1. The number of benzene rings is 1. The van der Waals surface area contributed by atoms with E-state index in [4.69, 9.17) is 4.74 Å². The van der Waals surface area contributed by atoms with Crippen LogP contribution in [0.1, 0.15) is 30.1 Å². The van der Waals surface area contributed by atoms with Gasteiger partial charge in [-0.05, 0) is 31.9 Å². The number of ketones is 1. The first-order valence-electron chi connectivity index (χ1n) is 7.74. The number of carbonyl (C=O) groups excluding carboxylic acids is 2. The molecule has 7 nitrogen and oxygen atoms in total. The van der Waals surface area contributed by atoms with Crippen LogP contribution in [0.4, 0.5) is 5.69 Å². The quantitative estimate of drug-likeness (QED) is 0.736. The zero-order valence-electron chi connectivity index (χ0n) is 13.8. The van der Waals surface area contributed by atoms with Crippen LogP contribution < -0.4 is 9.62 Å². The van der Waals surface area contributed by atoms with Gasteiger partial charge in [0.25, 0.3) is 0 Å². The lowest BCUT2D eigenvalue weighted by atomic mass is 10.1. The SMILES string of the molecule is CC(=O)c1cccc(N(CC(=O)NCC2CCCO2)S(C)(=O)=O)c1. The summed E-state index contributed by atoms with van der Waals surface area (Å²) in [4.78, 5) is 23.6. The van der Waals surface area contributed by atoms with Gasteiger partial charge >= 0.3 is 0 Å². The van der Waals surface area contributed by atoms with Crippen molar-refractivity contribution in [1.29, 1.82) is 0 Å². The van der Waals surface area contributed by atoms with E-state index in [1.165, 1.54) is 13.0 Å². The van der Waals surface area contributed by atoms with Crippen LogP contribution in [-0.4, -0.2) is 52.2 Å². The zero-order valence-corrected chi connectivity index (χ0v) is 14.6. The first kappa shape index (κ1) is 18.4. The molecule has 1 fully saturated rings. The molecule has 1 N–H and O–H groups in total. The van der Waals surface area contributed by atoms with Gasteiger partial charge in [-0.15, -0.1) is 0 Å². The maximum atomic E-state index is 12.1. The van der Waals surface area contributed by atoms with Crippen molar-refractivity contribution in [2.45, 2.75) is 25.9 Å². The van der Waals surface area contributed by atoms with E-state index in [9.17, 15) is 18.0 Å².